The maximum Gasteiger partial charge on any atom is 0.247 e. The second kappa shape index (κ2) is 15.5. The molecule has 1 aromatic carbocycles. The second-order valence-electron chi connectivity index (χ2n) is 9.00. The zero-order valence-corrected chi connectivity index (χ0v) is 24.1. The van der Waals surface area contributed by atoms with Crippen LogP contribution in [0.1, 0.15) is 45.6 Å². The number of hydrogen-bond acceptors (Lipinski definition) is 8. The van der Waals surface area contributed by atoms with Crippen molar-refractivity contribution in [3.63, 3.8) is 0 Å². The number of amides is 2. The van der Waals surface area contributed by atoms with Gasteiger partial charge in [0.15, 0.2) is 11.5 Å². The summed E-state index contributed by atoms with van der Waals surface area (Å²) in [5.74, 6) is 0.181. The van der Waals surface area contributed by atoms with Crippen molar-refractivity contribution in [2.75, 3.05) is 33.4 Å². The highest BCUT2D eigenvalue weighted by atomic mass is 127. The van der Waals surface area contributed by atoms with Gasteiger partial charge in [0.2, 0.25) is 11.8 Å². The molecule has 3 atom stereocenters. The zero-order valence-electron chi connectivity index (χ0n) is 21.9. The number of ether oxygens (including phenoxy) is 3. The summed E-state index contributed by atoms with van der Waals surface area (Å²) in [5.41, 5.74) is 0.987. The number of methoxy groups -OCH3 is 1. The lowest BCUT2D eigenvalue weighted by Crippen LogP contribution is -2.55. The number of hydrogen-bond donors (Lipinski definition) is 4. The van der Waals surface area contributed by atoms with Crippen LogP contribution >= 0.6 is 22.6 Å². The van der Waals surface area contributed by atoms with Crippen LogP contribution in [-0.2, 0) is 20.9 Å². The van der Waals surface area contributed by atoms with E-state index in [1.54, 1.807) is 30.0 Å². The van der Waals surface area contributed by atoms with E-state index in [0.29, 0.717) is 45.8 Å². The number of rotatable bonds is 14. The van der Waals surface area contributed by atoms with Crippen LogP contribution in [0.15, 0.2) is 23.8 Å². The Morgan fingerprint density at radius 2 is 2.00 bits per heavy atom. The van der Waals surface area contributed by atoms with Gasteiger partial charge in [-0.15, -0.1) is 0 Å². The molecule has 2 rings (SSSR count). The van der Waals surface area contributed by atoms with Gasteiger partial charge in [0.05, 0.1) is 36.0 Å². The van der Waals surface area contributed by atoms with Crippen LogP contribution in [-0.4, -0.2) is 89.8 Å². The monoisotopic (exact) mass is 634 g/mol. The Kier molecular flexibility index (Phi) is 13.1. The first-order chi connectivity index (χ1) is 17.7. The van der Waals surface area contributed by atoms with Crippen LogP contribution in [0.4, 0.5) is 0 Å². The number of aliphatic hydroxyl groups excluding tert-OH is 3. The number of carbonyl (C=O) groups excluding carboxylic acids is 2. The minimum atomic E-state index is -1.13. The Morgan fingerprint density at radius 3 is 2.59 bits per heavy atom. The Morgan fingerprint density at radius 1 is 1.27 bits per heavy atom. The molecule has 11 heteroatoms. The summed E-state index contributed by atoms with van der Waals surface area (Å²) in [6.45, 7) is 6.13. The van der Waals surface area contributed by atoms with Crippen molar-refractivity contribution < 1.29 is 39.1 Å². The first-order valence-electron chi connectivity index (χ1n) is 12.5. The quantitative estimate of drug-likeness (QED) is 0.180. The summed E-state index contributed by atoms with van der Waals surface area (Å²) < 4.78 is 18.0. The van der Waals surface area contributed by atoms with Crippen LogP contribution in [0.2, 0.25) is 0 Å². The van der Waals surface area contributed by atoms with Crippen LogP contribution < -0.4 is 14.8 Å². The molecule has 0 unspecified atom stereocenters. The van der Waals surface area contributed by atoms with Gasteiger partial charge in [-0.3, -0.25) is 9.59 Å². The van der Waals surface area contributed by atoms with Crippen LogP contribution in [0.25, 0.3) is 0 Å². The molecule has 0 spiro atoms. The zero-order chi connectivity index (χ0) is 27.5. The first kappa shape index (κ1) is 31.3. The van der Waals surface area contributed by atoms with Crippen molar-refractivity contribution >= 4 is 34.4 Å². The van der Waals surface area contributed by atoms with E-state index in [4.69, 9.17) is 19.3 Å². The lowest BCUT2D eigenvalue weighted by Gasteiger charge is -2.40. The number of halogens is 1. The number of nitrogens with zero attached hydrogens (tertiary/aromatic N) is 1. The average molecular weight is 635 g/mol. The van der Waals surface area contributed by atoms with Crippen molar-refractivity contribution in [2.45, 2.75) is 71.0 Å². The molecule has 0 fully saturated rings. The Hall–Kier alpha value is -1.93. The van der Waals surface area contributed by atoms with Gasteiger partial charge in [-0.2, -0.15) is 0 Å². The third-order valence-electron chi connectivity index (χ3n) is 5.96. The van der Waals surface area contributed by atoms with E-state index in [-0.39, 0.29) is 44.6 Å². The summed E-state index contributed by atoms with van der Waals surface area (Å²) in [7, 11) is 1.48. The molecular formula is C26H39IN2O8. The van der Waals surface area contributed by atoms with Gasteiger partial charge in [0.1, 0.15) is 12.2 Å². The van der Waals surface area contributed by atoms with E-state index >= 15 is 0 Å². The minimum absolute atomic E-state index is 0.0628. The SMILES string of the molecule is CCC(=O)N(CCCOC(C)C)[C@@H]1CC(C(=O)NCCO)=C[C@H](Oc2c(I)cc(CO)cc2OC)[C@H]1O. The lowest BCUT2D eigenvalue weighted by molar-refractivity contribution is -0.138. The number of benzene rings is 1. The minimum Gasteiger partial charge on any atom is -0.493 e. The maximum atomic E-state index is 13.0. The highest BCUT2D eigenvalue weighted by Gasteiger charge is 2.40. The Balaban J connectivity index is 2.42. The fraction of sp³-hybridized carbons (Fsp3) is 0.615. The topological polar surface area (TPSA) is 138 Å². The third-order valence-corrected chi connectivity index (χ3v) is 6.76. The van der Waals surface area contributed by atoms with Gasteiger partial charge in [0, 0.05) is 38.1 Å². The Labute approximate surface area is 232 Å². The van der Waals surface area contributed by atoms with E-state index < -0.39 is 24.2 Å². The van der Waals surface area contributed by atoms with E-state index in [9.17, 15) is 19.8 Å². The molecular weight excluding hydrogens is 595 g/mol. The van der Waals surface area contributed by atoms with Gasteiger partial charge in [0.25, 0.3) is 0 Å². The Bertz CT molecular complexity index is 939. The molecule has 10 nitrogen and oxygen atoms in total. The fourth-order valence-electron chi connectivity index (χ4n) is 4.13. The molecule has 0 aromatic heterocycles. The molecule has 208 valence electrons. The van der Waals surface area contributed by atoms with E-state index in [0.717, 1.165) is 0 Å². The predicted molar refractivity (Wildman–Crippen MR) is 146 cm³/mol. The highest BCUT2D eigenvalue weighted by molar-refractivity contribution is 14.1. The van der Waals surface area contributed by atoms with Gasteiger partial charge in [-0.1, -0.05) is 6.92 Å². The molecule has 0 heterocycles. The van der Waals surface area contributed by atoms with E-state index in [1.807, 2.05) is 13.8 Å². The van der Waals surface area contributed by atoms with Crippen LogP contribution in [0, 0.1) is 3.57 Å². The predicted octanol–water partition coefficient (Wildman–Crippen LogP) is 1.76. The summed E-state index contributed by atoms with van der Waals surface area (Å²) in [6, 6.07) is 2.67. The summed E-state index contributed by atoms with van der Waals surface area (Å²) in [4.78, 5) is 27.4. The first-order valence-corrected chi connectivity index (χ1v) is 13.6. The van der Waals surface area contributed by atoms with Gasteiger partial charge >= 0.3 is 0 Å². The number of nitrogens with one attached hydrogen (secondary N) is 1. The number of aliphatic hydroxyl groups is 3. The lowest BCUT2D eigenvalue weighted by atomic mass is 9.88. The molecule has 1 aliphatic rings. The maximum absolute atomic E-state index is 13.0. The molecule has 0 aliphatic heterocycles. The van der Waals surface area contributed by atoms with Crippen molar-refractivity contribution in [1.29, 1.82) is 0 Å². The van der Waals surface area contributed by atoms with Crippen molar-refractivity contribution in [3.05, 3.63) is 32.9 Å². The van der Waals surface area contributed by atoms with Crippen molar-refractivity contribution in [3.8, 4) is 11.5 Å². The molecule has 1 aromatic rings. The summed E-state index contributed by atoms with van der Waals surface area (Å²) in [5, 5.41) is 32.8. The second-order valence-corrected chi connectivity index (χ2v) is 10.2. The standard InChI is InChI=1S/C26H39IN2O8/c1-5-23(32)29(8-6-10-36-16(2)3)20-13-18(26(34)28-7-9-30)14-21(24(20)33)37-25-19(27)11-17(15-31)12-22(25)35-4/h11-12,14,16,20-21,24,30-31,33H,5-10,13,15H2,1-4H3,(H,28,34)/t20-,21+,24+/m1/s1. The summed E-state index contributed by atoms with van der Waals surface area (Å²) >= 11 is 2.06. The molecule has 4 N–H and O–H groups in total. The van der Waals surface area contributed by atoms with E-state index in [2.05, 4.69) is 27.9 Å². The highest BCUT2D eigenvalue weighted by Crippen LogP contribution is 2.37. The van der Waals surface area contributed by atoms with Gasteiger partial charge in [-0.25, -0.2) is 0 Å². The molecule has 2 amide bonds. The van der Waals surface area contributed by atoms with Gasteiger partial charge in [-0.05, 0) is 66.6 Å². The molecule has 0 radical (unpaired) electrons. The van der Waals surface area contributed by atoms with Crippen molar-refractivity contribution in [2.24, 2.45) is 0 Å². The van der Waals surface area contributed by atoms with Crippen LogP contribution in [0.5, 0.6) is 11.5 Å². The molecule has 0 saturated heterocycles. The molecule has 0 saturated carbocycles. The largest absolute Gasteiger partial charge is 0.493 e. The number of carbonyl (C=O) groups is 2. The smallest absolute Gasteiger partial charge is 0.247 e. The fourth-order valence-corrected chi connectivity index (χ4v) is 4.92. The normalized spacial score (nSPS) is 19.4. The van der Waals surface area contributed by atoms with Crippen molar-refractivity contribution in [1.82, 2.24) is 10.2 Å². The summed E-state index contributed by atoms with van der Waals surface area (Å²) in [6.07, 6.45) is 0.469. The van der Waals surface area contributed by atoms with E-state index in [1.165, 1.54) is 7.11 Å². The molecule has 1 aliphatic carbocycles. The third kappa shape index (κ3) is 8.81. The van der Waals surface area contributed by atoms with Gasteiger partial charge < -0.3 is 39.7 Å². The average Bonchev–Trinajstić information content (AvgIpc) is 2.88. The van der Waals surface area contributed by atoms with Crippen LogP contribution in [0.3, 0.4) is 0 Å². The molecule has 37 heavy (non-hydrogen) atoms. The molecule has 0 bridgehead atoms.